The van der Waals surface area contributed by atoms with Gasteiger partial charge in [0.05, 0.1) is 19.6 Å². The molecule has 0 bridgehead atoms. The normalized spacial score (nSPS) is 28.0. The highest BCUT2D eigenvalue weighted by molar-refractivity contribution is 7.10. The molecular weight excluding hydrogens is 338 g/mol. The molecule has 1 aromatic heterocycles. The van der Waals surface area contributed by atoms with E-state index in [4.69, 9.17) is 9.47 Å². The number of hydrogen-bond acceptors (Lipinski definition) is 5. The summed E-state index contributed by atoms with van der Waals surface area (Å²) in [6.45, 7) is 2.27. The molecule has 0 radical (unpaired) electrons. The van der Waals surface area contributed by atoms with Crippen LogP contribution in [0.4, 0.5) is 0 Å². The number of hydrogen-bond donors (Lipinski definition) is 0. The fourth-order valence-corrected chi connectivity index (χ4v) is 5.83. The van der Waals surface area contributed by atoms with E-state index < -0.39 is 0 Å². The van der Waals surface area contributed by atoms with Crippen LogP contribution in [0, 0.1) is 11.8 Å². The van der Waals surface area contributed by atoms with Crippen LogP contribution < -0.4 is 0 Å². The molecule has 1 amide bonds. The minimum atomic E-state index is -0.178. The Kier molecular flexibility index (Phi) is 4.58. The number of carbonyl (C=O) groups excluding carboxylic acids is 2. The quantitative estimate of drug-likeness (QED) is 0.758. The number of fused-ring (bicyclic) bond motifs is 2. The average molecular weight is 363 g/mol. The van der Waals surface area contributed by atoms with Crippen LogP contribution in [0.1, 0.15) is 42.5 Å². The van der Waals surface area contributed by atoms with Crippen LogP contribution in [-0.2, 0) is 31.1 Å². The number of thiophene rings is 1. The topological polar surface area (TPSA) is 55.8 Å². The van der Waals surface area contributed by atoms with Gasteiger partial charge in [0.25, 0.3) is 0 Å². The molecule has 3 aliphatic rings. The fraction of sp³-hybridized carbons (Fsp3) is 0.684. The molecule has 0 unspecified atom stereocenters. The predicted molar refractivity (Wildman–Crippen MR) is 94.3 cm³/mol. The fourth-order valence-electron chi connectivity index (χ4n) is 4.66. The van der Waals surface area contributed by atoms with Gasteiger partial charge < -0.3 is 14.4 Å². The van der Waals surface area contributed by atoms with Crippen molar-refractivity contribution < 1.29 is 19.1 Å². The Morgan fingerprint density at radius 2 is 2.04 bits per heavy atom. The summed E-state index contributed by atoms with van der Waals surface area (Å²) < 4.78 is 11.0. The standard InChI is InChI=1S/C19H25NO4S/c1-23-18(22)15-3-2-14(12-15)17(21)20-8-6-19(7-9-20)16-13(4-10-24-19)5-11-25-16/h5,11,14-15H,2-4,6-10,12H2,1H3/t14-,15+/m0/s1. The van der Waals surface area contributed by atoms with E-state index in [2.05, 4.69) is 11.4 Å². The van der Waals surface area contributed by atoms with Crippen LogP contribution >= 0.6 is 11.3 Å². The molecular formula is C19H25NO4S. The minimum Gasteiger partial charge on any atom is -0.469 e. The maximum absolute atomic E-state index is 12.9. The third-order valence-electron chi connectivity index (χ3n) is 6.11. The Morgan fingerprint density at radius 1 is 1.28 bits per heavy atom. The maximum Gasteiger partial charge on any atom is 0.308 e. The molecule has 2 fully saturated rings. The van der Waals surface area contributed by atoms with E-state index in [-0.39, 0.29) is 29.3 Å². The van der Waals surface area contributed by atoms with Crippen molar-refractivity contribution >= 4 is 23.2 Å². The zero-order chi connectivity index (χ0) is 17.4. The third-order valence-corrected chi connectivity index (χ3v) is 7.25. The summed E-state index contributed by atoms with van der Waals surface area (Å²) in [5, 5.41) is 2.16. The average Bonchev–Trinajstić information content (AvgIpc) is 3.31. The van der Waals surface area contributed by atoms with E-state index in [0.29, 0.717) is 6.42 Å². The molecule has 1 saturated carbocycles. The Morgan fingerprint density at radius 3 is 2.80 bits per heavy atom. The van der Waals surface area contributed by atoms with Gasteiger partial charge >= 0.3 is 5.97 Å². The second-order valence-electron chi connectivity index (χ2n) is 7.42. The summed E-state index contributed by atoms with van der Waals surface area (Å²) in [5.41, 5.74) is 1.25. The van der Waals surface area contributed by atoms with Crippen molar-refractivity contribution in [3.05, 3.63) is 21.9 Å². The van der Waals surface area contributed by atoms with Gasteiger partial charge in [0, 0.05) is 23.9 Å². The first-order valence-corrected chi connectivity index (χ1v) is 10.1. The highest BCUT2D eigenvalue weighted by atomic mass is 32.1. The summed E-state index contributed by atoms with van der Waals surface area (Å²) in [6.07, 6.45) is 4.95. The second-order valence-corrected chi connectivity index (χ2v) is 8.34. The molecule has 3 heterocycles. The molecule has 1 spiro atoms. The summed E-state index contributed by atoms with van der Waals surface area (Å²) in [5.74, 6) is -0.0923. The summed E-state index contributed by atoms with van der Waals surface area (Å²) in [6, 6.07) is 2.22. The summed E-state index contributed by atoms with van der Waals surface area (Å²) in [7, 11) is 1.42. The number of methoxy groups -OCH3 is 1. The lowest BCUT2D eigenvalue weighted by molar-refractivity contribution is -0.146. The van der Waals surface area contributed by atoms with Crippen LogP contribution in [0.3, 0.4) is 0 Å². The Labute approximate surface area is 152 Å². The van der Waals surface area contributed by atoms with Gasteiger partial charge in [-0.2, -0.15) is 0 Å². The molecule has 0 aromatic carbocycles. The highest BCUT2D eigenvalue weighted by Gasteiger charge is 2.44. The number of rotatable bonds is 2. The molecule has 6 heteroatoms. The van der Waals surface area contributed by atoms with Crippen molar-refractivity contribution in [3.8, 4) is 0 Å². The van der Waals surface area contributed by atoms with Gasteiger partial charge in [0.15, 0.2) is 0 Å². The second kappa shape index (κ2) is 6.72. The zero-order valence-corrected chi connectivity index (χ0v) is 15.5. The Bertz CT molecular complexity index is 662. The molecule has 1 saturated heterocycles. The molecule has 136 valence electrons. The largest absolute Gasteiger partial charge is 0.469 e. The van der Waals surface area contributed by atoms with Crippen molar-refractivity contribution in [1.82, 2.24) is 4.90 Å². The molecule has 25 heavy (non-hydrogen) atoms. The van der Waals surface area contributed by atoms with Crippen LogP contribution in [0.15, 0.2) is 11.4 Å². The first-order chi connectivity index (χ1) is 12.1. The van der Waals surface area contributed by atoms with Crippen LogP contribution in [0.5, 0.6) is 0 Å². The van der Waals surface area contributed by atoms with Gasteiger partial charge in [-0.15, -0.1) is 11.3 Å². The van der Waals surface area contributed by atoms with E-state index >= 15 is 0 Å². The van der Waals surface area contributed by atoms with Crippen molar-refractivity contribution in [2.24, 2.45) is 11.8 Å². The van der Waals surface area contributed by atoms with Gasteiger partial charge in [-0.3, -0.25) is 9.59 Å². The third kappa shape index (κ3) is 2.99. The van der Waals surface area contributed by atoms with Crippen LogP contribution in [0.25, 0.3) is 0 Å². The number of nitrogens with zero attached hydrogens (tertiary/aromatic N) is 1. The molecule has 2 atom stereocenters. The molecule has 4 rings (SSSR count). The van der Waals surface area contributed by atoms with E-state index in [1.807, 2.05) is 4.90 Å². The maximum atomic E-state index is 12.9. The summed E-state index contributed by atoms with van der Waals surface area (Å²) >= 11 is 1.79. The smallest absolute Gasteiger partial charge is 0.308 e. The number of amides is 1. The van der Waals surface area contributed by atoms with Crippen LogP contribution in [0.2, 0.25) is 0 Å². The van der Waals surface area contributed by atoms with Crippen molar-refractivity contribution in [1.29, 1.82) is 0 Å². The van der Waals surface area contributed by atoms with Crippen molar-refractivity contribution in [2.45, 2.75) is 44.1 Å². The van der Waals surface area contributed by atoms with Crippen molar-refractivity contribution in [3.63, 3.8) is 0 Å². The van der Waals surface area contributed by atoms with E-state index in [1.54, 1.807) is 11.3 Å². The first-order valence-electron chi connectivity index (χ1n) is 9.20. The molecule has 1 aromatic rings. The Balaban J connectivity index is 1.38. The Hall–Kier alpha value is -1.40. The summed E-state index contributed by atoms with van der Waals surface area (Å²) in [4.78, 5) is 27.9. The molecule has 1 aliphatic carbocycles. The van der Waals surface area contributed by atoms with Crippen LogP contribution in [-0.4, -0.2) is 43.6 Å². The molecule has 5 nitrogen and oxygen atoms in total. The van der Waals surface area contributed by atoms with Crippen molar-refractivity contribution in [2.75, 3.05) is 26.8 Å². The lowest BCUT2D eigenvalue weighted by Crippen LogP contribution is -2.49. The van der Waals surface area contributed by atoms with Gasteiger partial charge in [0.1, 0.15) is 5.60 Å². The first kappa shape index (κ1) is 17.0. The van der Waals surface area contributed by atoms with E-state index in [9.17, 15) is 9.59 Å². The number of likely N-dealkylation sites (tertiary alicyclic amines) is 1. The van der Waals surface area contributed by atoms with Gasteiger partial charge in [-0.05, 0) is 55.5 Å². The lowest BCUT2D eigenvalue weighted by atomic mass is 9.85. The molecule has 0 N–H and O–H groups in total. The van der Waals surface area contributed by atoms with Gasteiger partial charge in [-0.25, -0.2) is 0 Å². The number of esters is 1. The zero-order valence-electron chi connectivity index (χ0n) is 14.7. The van der Waals surface area contributed by atoms with E-state index in [1.165, 1.54) is 17.6 Å². The van der Waals surface area contributed by atoms with Gasteiger partial charge in [-0.1, -0.05) is 0 Å². The van der Waals surface area contributed by atoms with Gasteiger partial charge in [0.2, 0.25) is 5.91 Å². The van der Waals surface area contributed by atoms with E-state index in [0.717, 1.165) is 51.8 Å². The number of piperidine rings is 1. The highest BCUT2D eigenvalue weighted by Crippen LogP contribution is 2.44. The predicted octanol–water partition coefficient (Wildman–Crippen LogP) is 2.73. The minimum absolute atomic E-state index is 0.0253. The molecule has 2 aliphatic heterocycles. The number of ether oxygens (including phenoxy) is 2. The SMILES string of the molecule is COC(=O)[C@@H]1CC[C@H](C(=O)N2CCC3(CC2)OCCc2ccsc23)C1. The number of carbonyl (C=O) groups is 2. The lowest BCUT2D eigenvalue weighted by Gasteiger charge is -2.44. The monoisotopic (exact) mass is 363 g/mol.